The summed E-state index contributed by atoms with van der Waals surface area (Å²) < 4.78 is 23.7. The Balaban J connectivity index is 1.81. The molecule has 0 saturated heterocycles. The van der Waals surface area contributed by atoms with Crippen LogP contribution in [-0.2, 0) is 6.42 Å². The van der Waals surface area contributed by atoms with Gasteiger partial charge in [-0.2, -0.15) is 0 Å². The van der Waals surface area contributed by atoms with Gasteiger partial charge in [-0.3, -0.25) is 4.79 Å². The van der Waals surface area contributed by atoms with E-state index in [0.717, 1.165) is 36.1 Å². The Morgan fingerprint density at radius 2 is 1.88 bits per heavy atom. The fourth-order valence-electron chi connectivity index (χ4n) is 3.93. The van der Waals surface area contributed by atoms with Crippen LogP contribution in [0.4, 0.5) is 0 Å². The number of benzene rings is 2. The largest absolute Gasteiger partial charge is 0.490 e. The molecule has 168 valence electrons. The van der Waals surface area contributed by atoms with E-state index in [2.05, 4.69) is 6.92 Å². The lowest BCUT2D eigenvalue weighted by Gasteiger charge is -2.14. The molecule has 4 rings (SSSR count). The minimum Gasteiger partial charge on any atom is -0.490 e. The molecule has 32 heavy (non-hydrogen) atoms. The molecule has 5 heteroatoms. The normalized spacial score (nSPS) is 13.0. The SMILES string of the molecule is CCCc1cc2c(=O)c(-c3ccc4c(c3)OCCCO4)c(C)oc2cc1OCC=C(C)C. The van der Waals surface area contributed by atoms with Gasteiger partial charge < -0.3 is 18.6 Å². The molecular weight excluding hydrogens is 404 g/mol. The zero-order valence-electron chi connectivity index (χ0n) is 19.2. The summed E-state index contributed by atoms with van der Waals surface area (Å²) in [5.74, 6) is 2.70. The predicted molar refractivity (Wildman–Crippen MR) is 127 cm³/mol. The number of ether oxygens (including phenoxy) is 3. The van der Waals surface area contributed by atoms with Crippen LogP contribution in [0.2, 0.25) is 0 Å². The molecule has 1 aromatic heterocycles. The van der Waals surface area contributed by atoms with Gasteiger partial charge in [0.05, 0.1) is 24.2 Å². The van der Waals surface area contributed by atoms with Crippen molar-refractivity contribution in [2.45, 2.75) is 47.0 Å². The Bertz CT molecular complexity index is 1210. The molecule has 0 N–H and O–H groups in total. The van der Waals surface area contributed by atoms with E-state index in [1.807, 2.05) is 57.2 Å². The summed E-state index contributed by atoms with van der Waals surface area (Å²) in [4.78, 5) is 13.6. The maximum atomic E-state index is 13.6. The first kappa shape index (κ1) is 22.0. The van der Waals surface area contributed by atoms with Gasteiger partial charge >= 0.3 is 0 Å². The summed E-state index contributed by atoms with van der Waals surface area (Å²) in [6.07, 6.45) is 4.65. The number of rotatable bonds is 6. The van der Waals surface area contributed by atoms with Crippen molar-refractivity contribution in [2.75, 3.05) is 19.8 Å². The van der Waals surface area contributed by atoms with Crippen molar-refractivity contribution >= 4 is 11.0 Å². The summed E-state index contributed by atoms with van der Waals surface area (Å²) in [6.45, 7) is 9.73. The van der Waals surface area contributed by atoms with Crippen LogP contribution in [0.15, 0.2) is 51.2 Å². The molecule has 2 aromatic carbocycles. The Morgan fingerprint density at radius 3 is 2.62 bits per heavy atom. The summed E-state index contributed by atoms with van der Waals surface area (Å²) in [6, 6.07) is 9.40. The lowest BCUT2D eigenvalue weighted by atomic mass is 10.00. The second-order valence-electron chi connectivity index (χ2n) is 8.37. The highest BCUT2D eigenvalue weighted by Crippen LogP contribution is 2.35. The van der Waals surface area contributed by atoms with Crippen molar-refractivity contribution in [1.29, 1.82) is 0 Å². The first-order valence-electron chi connectivity index (χ1n) is 11.2. The van der Waals surface area contributed by atoms with Crippen LogP contribution in [0.1, 0.15) is 44.9 Å². The van der Waals surface area contributed by atoms with Gasteiger partial charge in [0.25, 0.3) is 0 Å². The highest BCUT2D eigenvalue weighted by atomic mass is 16.5. The van der Waals surface area contributed by atoms with Crippen LogP contribution in [0, 0.1) is 6.92 Å². The van der Waals surface area contributed by atoms with Crippen molar-refractivity contribution < 1.29 is 18.6 Å². The average molecular weight is 435 g/mol. The van der Waals surface area contributed by atoms with E-state index in [4.69, 9.17) is 18.6 Å². The molecular formula is C27H30O5. The fraction of sp³-hybridized carbons (Fsp3) is 0.370. The molecule has 3 aromatic rings. The number of hydrogen-bond donors (Lipinski definition) is 0. The third-order valence-electron chi connectivity index (χ3n) is 5.54. The molecule has 0 aliphatic carbocycles. The van der Waals surface area contributed by atoms with Gasteiger partial charge in [0.15, 0.2) is 11.5 Å². The Labute approximate surface area is 188 Å². The number of allylic oxidation sites excluding steroid dienone is 1. The van der Waals surface area contributed by atoms with Gasteiger partial charge in [0, 0.05) is 12.5 Å². The van der Waals surface area contributed by atoms with E-state index in [0.29, 0.717) is 53.6 Å². The molecule has 1 aliphatic rings. The molecule has 0 fully saturated rings. The topological polar surface area (TPSA) is 57.9 Å². The maximum absolute atomic E-state index is 13.6. The van der Waals surface area contributed by atoms with Crippen molar-refractivity contribution in [3.63, 3.8) is 0 Å². The molecule has 2 heterocycles. The first-order chi connectivity index (χ1) is 15.5. The smallest absolute Gasteiger partial charge is 0.200 e. The minimum absolute atomic E-state index is 0.0496. The van der Waals surface area contributed by atoms with E-state index < -0.39 is 0 Å². The Hall–Kier alpha value is -3.21. The van der Waals surface area contributed by atoms with Crippen LogP contribution in [0.3, 0.4) is 0 Å². The summed E-state index contributed by atoms with van der Waals surface area (Å²) in [5.41, 5.74) is 4.02. The molecule has 0 spiro atoms. The molecule has 0 unspecified atom stereocenters. The van der Waals surface area contributed by atoms with Crippen molar-refractivity contribution in [1.82, 2.24) is 0 Å². The highest BCUT2D eigenvalue weighted by molar-refractivity contribution is 5.85. The Kier molecular flexibility index (Phi) is 6.54. The quantitative estimate of drug-likeness (QED) is 0.431. The van der Waals surface area contributed by atoms with E-state index in [9.17, 15) is 4.79 Å². The third-order valence-corrected chi connectivity index (χ3v) is 5.54. The van der Waals surface area contributed by atoms with Gasteiger partial charge in [-0.05, 0) is 62.6 Å². The highest BCUT2D eigenvalue weighted by Gasteiger charge is 2.19. The van der Waals surface area contributed by atoms with Gasteiger partial charge in [-0.15, -0.1) is 0 Å². The van der Waals surface area contributed by atoms with Gasteiger partial charge in [0.2, 0.25) is 5.43 Å². The standard InChI is InChI=1S/C27H30O5/c1-5-7-19-14-21-24(16-23(19)31-13-10-17(2)3)32-18(4)26(27(21)28)20-8-9-22-25(15-20)30-12-6-11-29-22/h8-10,14-16H,5-7,11-13H2,1-4H3. The van der Waals surface area contributed by atoms with E-state index in [-0.39, 0.29) is 5.43 Å². The average Bonchev–Trinajstić information content (AvgIpc) is 2.99. The lowest BCUT2D eigenvalue weighted by molar-refractivity contribution is 0.297. The molecule has 1 aliphatic heterocycles. The molecule has 0 saturated carbocycles. The molecule has 0 amide bonds. The number of hydrogen-bond acceptors (Lipinski definition) is 5. The molecule has 5 nitrogen and oxygen atoms in total. The summed E-state index contributed by atoms with van der Waals surface area (Å²) >= 11 is 0. The van der Waals surface area contributed by atoms with Crippen LogP contribution < -0.4 is 19.6 Å². The van der Waals surface area contributed by atoms with Crippen molar-refractivity contribution in [3.05, 3.63) is 63.5 Å². The predicted octanol–water partition coefficient (Wildman–Crippen LogP) is 6.23. The van der Waals surface area contributed by atoms with Crippen LogP contribution >= 0.6 is 0 Å². The van der Waals surface area contributed by atoms with Crippen molar-refractivity contribution in [3.8, 4) is 28.4 Å². The van der Waals surface area contributed by atoms with E-state index in [1.54, 1.807) is 0 Å². The zero-order valence-corrected chi connectivity index (χ0v) is 19.2. The second kappa shape index (κ2) is 9.51. The van der Waals surface area contributed by atoms with Gasteiger partial charge in [0.1, 0.15) is 23.7 Å². The zero-order chi connectivity index (χ0) is 22.7. The van der Waals surface area contributed by atoms with Gasteiger partial charge in [-0.1, -0.05) is 25.0 Å². The Morgan fingerprint density at radius 1 is 1.09 bits per heavy atom. The molecule has 0 bridgehead atoms. The monoisotopic (exact) mass is 434 g/mol. The number of fused-ring (bicyclic) bond motifs is 2. The maximum Gasteiger partial charge on any atom is 0.200 e. The van der Waals surface area contributed by atoms with Crippen LogP contribution in [-0.4, -0.2) is 19.8 Å². The first-order valence-corrected chi connectivity index (χ1v) is 11.2. The fourth-order valence-corrected chi connectivity index (χ4v) is 3.93. The van der Waals surface area contributed by atoms with Gasteiger partial charge in [-0.25, -0.2) is 0 Å². The minimum atomic E-state index is -0.0496. The van der Waals surface area contributed by atoms with Crippen LogP contribution in [0.25, 0.3) is 22.1 Å². The van der Waals surface area contributed by atoms with E-state index >= 15 is 0 Å². The van der Waals surface area contributed by atoms with Crippen molar-refractivity contribution in [2.24, 2.45) is 0 Å². The molecule has 0 atom stereocenters. The lowest BCUT2D eigenvalue weighted by Crippen LogP contribution is -2.09. The summed E-state index contributed by atoms with van der Waals surface area (Å²) in [7, 11) is 0. The van der Waals surface area contributed by atoms with E-state index in [1.165, 1.54) is 5.57 Å². The second-order valence-corrected chi connectivity index (χ2v) is 8.37. The van der Waals surface area contributed by atoms with Crippen LogP contribution in [0.5, 0.6) is 17.2 Å². The third kappa shape index (κ3) is 4.52. The molecule has 0 radical (unpaired) electrons. The summed E-state index contributed by atoms with van der Waals surface area (Å²) in [5, 5.41) is 0.565. The number of aryl methyl sites for hydroxylation is 2.